The Labute approximate surface area is 151 Å². The summed E-state index contributed by atoms with van der Waals surface area (Å²) in [6.07, 6.45) is -4.38. The molecule has 144 valence electrons. The smallest absolute Gasteiger partial charge is 0.407 e. The van der Waals surface area contributed by atoms with Gasteiger partial charge in [0.05, 0.1) is 6.04 Å². The first kappa shape index (κ1) is 19.9. The molecule has 1 saturated carbocycles. The summed E-state index contributed by atoms with van der Waals surface area (Å²) in [6, 6.07) is 8.53. The Morgan fingerprint density at radius 3 is 2.46 bits per heavy atom. The topological polar surface area (TPSA) is 78.9 Å². The molecule has 0 bridgehead atoms. The van der Waals surface area contributed by atoms with Crippen molar-refractivity contribution in [2.45, 2.75) is 44.3 Å². The maximum atomic E-state index is 13.4. The lowest BCUT2D eigenvalue weighted by atomic mass is 9.98. The highest BCUT2D eigenvalue weighted by molar-refractivity contribution is 5.68. The number of hydrogen-bond donors (Lipinski definition) is 2. The third kappa shape index (κ3) is 6.16. The molecule has 1 aliphatic carbocycles. The lowest BCUT2D eigenvalue weighted by Crippen LogP contribution is -2.45. The van der Waals surface area contributed by atoms with E-state index in [0.29, 0.717) is 6.42 Å². The third-order valence-electron chi connectivity index (χ3n) is 4.48. The number of benzene rings is 1. The third-order valence-corrected chi connectivity index (χ3v) is 4.48. The van der Waals surface area contributed by atoms with Crippen LogP contribution in [0.15, 0.2) is 30.3 Å². The fourth-order valence-electron chi connectivity index (χ4n) is 3.14. The lowest BCUT2D eigenvalue weighted by molar-refractivity contribution is 0.125. The number of nitrogens with one attached hydrogen (secondary N) is 1. The van der Waals surface area contributed by atoms with Gasteiger partial charge < -0.3 is 20.1 Å². The monoisotopic (exact) mass is 370 g/mol. The fourth-order valence-corrected chi connectivity index (χ4v) is 3.14. The predicted octanol–water partition coefficient (Wildman–Crippen LogP) is 3.37. The number of amides is 2. The number of ether oxygens (including phenoxy) is 1. The first-order valence-electron chi connectivity index (χ1n) is 8.54. The maximum absolute atomic E-state index is 13.4. The van der Waals surface area contributed by atoms with E-state index in [9.17, 15) is 18.4 Å². The largest absolute Gasteiger partial charge is 0.465 e. The van der Waals surface area contributed by atoms with Gasteiger partial charge in [0.15, 0.2) is 0 Å². The maximum Gasteiger partial charge on any atom is 0.407 e. The minimum Gasteiger partial charge on any atom is -0.465 e. The number of halogens is 2. The second kappa shape index (κ2) is 9.35. The van der Waals surface area contributed by atoms with Crippen LogP contribution in [0.2, 0.25) is 0 Å². The van der Waals surface area contributed by atoms with E-state index in [1.54, 1.807) is 0 Å². The molecule has 1 aliphatic rings. The molecule has 1 aromatic carbocycles. The minimum absolute atomic E-state index is 0.0141. The van der Waals surface area contributed by atoms with Crippen LogP contribution in [0.25, 0.3) is 0 Å². The SMILES string of the molecule is CN(C[C@@H](CC1C[C@@H](F)[C@@H](F)C1)NC(=O)OCc1ccccc1)C(=O)O. The minimum atomic E-state index is -1.50. The van der Waals surface area contributed by atoms with E-state index in [1.165, 1.54) is 7.05 Å². The second-order valence-electron chi connectivity index (χ2n) is 6.67. The number of rotatable bonds is 7. The van der Waals surface area contributed by atoms with Gasteiger partial charge in [0.25, 0.3) is 0 Å². The normalized spacial score (nSPS) is 23.3. The van der Waals surface area contributed by atoms with Crippen LogP contribution >= 0.6 is 0 Å². The Morgan fingerprint density at radius 1 is 1.27 bits per heavy atom. The van der Waals surface area contributed by atoms with Crippen LogP contribution in [0.4, 0.5) is 18.4 Å². The number of carboxylic acid groups (broad SMARTS) is 1. The number of carbonyl (C=O) groups is 2. The highest BCUT2D eigenvalue weighted by Gasteiger charge is 2.36. The fraction of sp³-hybridized carbons (Fsp3) is 0.556. The van der Waals surface area contributed by atoms with Crippen LogP contribution in [-0.2, 0) is 11.3 Å². The van der Waals surface area contributed by atoms with Crippen LogP contribution in [0.5, 0.6) is 0 Å². The molecule has 0 saturated heterocycles. The van der Waals surface area contributed by atoms with Gasteiger partial charge in [-0.25, -0.2) is 18.4 Å². The summed E-state index contributed by atoms with van der Waals surface area (Å²) in [4.78, 5) is 24.1. The summed E-state index contributed by atoms with van der Waals surface area (Å²) in [5.74, 6) is -0.249. The molecule has 2 N–H and O–H groups in total. The van der Waals surface area contributed by atoms with Crippen molar-refractivity contribution in [2.75, 3.05) is 13.6 Å². The van der Waals surface area contributed by atoms with E-state index in [-0.39, 0.29) is 31.9 Å². The molecule has 0 radical (unpaired) electrons. The van der Waals surface area contributed by atoms with E-state index in [0.717, 1.165) is 10.5 Å². The van der Waals surface area contributed by atoms with Crippen molar-refractivity contribution < 1.29 is 28.2 Å². The molecule has 26 heavy (non-hydrogen) atoms. The molecule has 2 amide bonds. The number of hydrogen-bond acceptors (Lipinski definition) is 3. The van der Waals surface area contributed by atoms with Gasteiger partial charge in [-0.3, -0.25) is 0 Å². The Hall–Kier alpha value is -2.38. The zero-order chi connectivity index (χ0) is 19.1. The Balaban J connectivity index is 1.89. The van der Waals surface area contributed by atoms with E-state index in [4.69, 9.17) is 9.84 Å². The number of alkyl carbamates (subject to hydrolysis) is 1. The van der Waals surface area contributed by atoms with Gasteiger partial charge in [-0.2, -0.15) is 0 Å². The van der Waals surface area contributed by atoms with Crippen LogP contribution in [0.3, 0.4) is 0 Å². The van der Waals surface area contributed by atoms with Gasteiger partial charge in [0, 0.05) is 13.6 Å². The molecule has 1 aromatic rings. The summed E-state index contributed by atoms with van der Waals surface area (Å²) in [7, 11) is 1.37. The predicted molar refractivity (Wildman–Crippen MR) is 91.3 cm³/mol. The van der Waals surface area contributed by atoms with Crippen LogP contribution in [0, 0.1) is 5.92 Å². The zero-order valence-electron chi connectivity index (χ0n) is 14.6. The van der Waals surface area contributed by atoms with Gasteiger partial charge in [-0.15, -0.1) is 0 Å². The molecular weight excluding hydrogens is 346 g/mol. The van der Waals surface area contributed by atoms with Gasteiger partial charge in [-0.1, -0.05) is 30.3 Å². The quantitative estimate of drug-likeness (QED) is 0.771. The van der Waals surface area contributed by atoms with Crippen molar-refractivity contribution in [1.29, 1.82) is 0 Å². The Morgan fingerprint density at radius 2 is 1.88 bits per heavy atom. The van der Waals surface area contributed by atoms with Crippen molar-refractivity contribution in [1.82, 2.24) is 10.2 Å². The van der Waals surface area contributed by atoms with Gasteiger partial charge in [0.1, 0.15) is 19.0 Å². The summed E-state index contributed by atoms with van der Waals surface area (Å²) in [5.41, 5.74) is 0.818. The van der Waals surface area contributed by atoms with Crippen LogP contribution in [-0.4, -0.2) is 54.2 Å². The molecule has 6 nitrogen and oxygen atoms in total. The standard InChI is InChI=1S/C18H24F2N2O4/c1-22(18(24)25)10-14(7-13-8-15(19)16(20)9-13)21-17(23)26-11-12-5-3-2-4-6-12/h2-6,13-16H,7-11H2,1H3,(H,21,23)(H,24,25)/t13?,14-,15-,16+/m1/s1. The van der Waals surface area contributed by atoms with Crippen molar-refractivity contribution in [3.63, 3.8) is 0 Å². The molecule has 0 aromatic heterocycles. The van der Waals surface area contributed by atoms with Gasteiger partial charge >= 0.3 is 12.2 Å². The van der Waals surface area contributed by atoms with Crippen LogP contribution < -0.4 is 5.32 Å². The van der Waals surface area contributed by atoms with Crippen LogP contribution in [0.1, 0.15) is 24.8 Å². The molecule has 0 heterocycles. The van der Waals surface area contributed by atoms with E-state index in [1.807, 2.05) is 30.3 Å². The van der Waals surface area contributed by atoms with Gasteiger partial charge in [-0.05, 0) is 30.7 Å². The highest BCUT2D eigenvalue weighted by atomic mass is 19.2. The highest BCUT2D eigenvalue weighted by Crippen LogP contribution is 2.33. The molecule has 2 rings (SSSR count). The van der Waals surface area contributed by atoms with Crippen molar-refractivity contribution in [3.05, 3.63) is 35.9 Å². The summed E-state index contributed by atoms with van der Waals surface area (Å²) >= 11 is 0. The molecular formula is C18H24F2N2O4. The Kier molecular flexibility index (Phi) is 7.17. The molecule has 1 fully saturated rings. The number of alkyl halides is 2. The van der Waals surface area contributed by atoms with Crippen molar-refractivity contribution >= 4 is 12.2 Å². The summed E-state index contributed by atoms with van der Waals surface area (Å²) < 4.78 is 31.9. The molecule has 1 unspecified atom stereocenters. The first-order valence-corrected chi connectivity index (χ1v) is 8.54. The molecule has 4 atom stereocenters. The number of carbonyl (C=O) groups excluding carboxylic acids is 1. The average molecular weight is 370 g/mol. The average Bonchev–Trinajstić information content (AvgIpc) is 2.91. The molecule has 0 spiro atoms. The van der Waals surface area contributed by atoms with Crippen molar-refractivity contribution in [2.24, 2.45) is 5.92 Å². The molecule has 0 aliphatic heterocycles. The van der Waals surface area contributed by atoms with E-state index in [2.05, 4.69) is 5.32 Å². The number of likely N-dealkylation sites (N-methyl/N-ethyl adjacent to an activating group) is 1. The van der Waals surface area contributed by atoms with E-state index >= 15 is 0 Å². The molecule has 8 heteroatoms. The number of nitrogens with zero attached hydrogens (tertiary/aromatic N) is 1. The van der Waals surface area contributed by atoms with Crippen molar-refractivity contribution in [3.8, 4) is 0 Å². The summed E-state index contributed by atoms with van der Waals surface area (Å²) in [5, 5.41) is 11.6. The van der Waals surface area contributed by atoms with Gasteiger partial charge in [0.2, 0.25) is 0 Å². The summed E-state index contributed by atoms with van der Waals surface area (Å²) in [6.45, 7) is 0.0941. The zero-order valence-corrected chi connectivity index (χ0v) is 14.6. The Bertz CT molecular complexity index is 592. The second-order valence-corrected chi connectivity index (χ2v) is 6.67. The first-order chi connectivity index (χ1) is 12.3. The lowest BCUT2D eigenvalue weighted by Gasteiger charge is -2.25. The van der Waals surface area contributed by atoms with E-state index < -0.39 is 30.6 Å².